The fraction of sp³-hybridized carbons (Fsp3) is 0.500. The number of hydrogen-bond donors (Lipinski definition) is 0. The molecule has 3 rings (SSSR count). The number of benzene rings is 2. The van der Waals surface area contributed by atoms with Crippen LogP contribution in [0.3, 0.4) is 0 Å². The van der Waals surface area contributed by atoms with Gasteiger partial charge in [0.2, 0.25) is 11.5 Å². The average Bonchev–Trinajstić information content (AvgIpc) is 2.95. The molecule has 0 saturated heterocycles. The Morgan fingerprint density at radius 1 is 0.641 bits per heavy atom. The number of methoxy groups -OCH3 is 6. The van der Waals surface area contributed by atoms with Crippen molar-refractivity contribution in [2.45, 2.75) is 12.2 Å². The molecule has 0 amide bonds. The number of hydrogen-bond acceptors (Lipinski definition) is 13. The van der Waals surface area contributed by atoms with Crippen LogP contribution in [0.4, 0.5) is 0 Å². The van der Waals surface area contributed by atoms with Gasteiger partial charge in [-0.1, -0.05) is 0 Å². The van der Waals surface area contributed by atoms with Crippen molar-refractivity contribution in [3.63, 3.8) is 0 Å². The van der Waals surface area contributed by atoms with E-state index in [1.54, 1.807) is 24.3 Å². The molecular weight excluding hydrogens is 520 g/mol. The van der Waals surface area contributed by atoms with Crippen LogP contribution in [-0.2, 0) is 28.4 Å². The van der Waals surface area contributed by atoms with Gasteiger partial charge < -0.3 is 56.8 Å². The van der Waals surface area contributed by atoms with Crippen molar-refractivity contribution >= 4 is 5.78 Å². The van der Waals surface area contributed by atoms with E-state index in [-0.39, 0.29) is 74.1 Å². The lowest BCUT2D eigenvalue weighted by atomic mass is 9.92. The molecule has 0 spiro atoms. The molecular formula is C26H34O13. The fourth-order valence-electron chi connectivity index (χ4n) is 3.78. The highest BCUT2D eigenvalue weighted by atomic mass is 16.7. The molecule has 1 aliphatic heterocycles. The first kappa shape index (κ1) is 30.2. The maximum absolute atomic E-state index is 13.7. The number of ketones is 1. The van der Waals surface area contributed by atoms with Crippen molar-refractivity contribution in [3.8, 4) is 34.5 Å². The molecule has 0 aromatic heterocycles. The van der Waals surface area contributed by atoms with E-state index in [2.05, 4.69) is 0 Å². The smallest absolute Gasteiger partial charge is 0.206 e. The van der Waals surface area contributed by atoms with Gasteiger partial charge in [-0.15, -0.1) is 0 Å². The van der Waals surface area contributed by atoms with E-state index in [9.17, 15) is 4.79 Å². The molecule has 216 valence electrons. The molecule has 2 atom stereocenters. The van der Waals surface area contributed by atoms with Crippen LogP contribution in [-0.4, -0.2) is 88.5 Å². The summed E-state index contributed by atoms with van der Waals surface area (Å²) in [5, 5.41) is 0. The number of fused-ring (bicyclic) bond motifs is 1. The van der Waals surface area contributed by atoms with Crippen molar-refractivity contribution in [1.82, 2.24) is 0 Å². The quantitative estimate of drug-likeness (QED) is 0.266. The van der Waals surface area contributed by atoms with Gasteiger partial charge in [-0.3, -0.25) is 4.79 Å². The molecule has 1 aliphatic rings. The maximum Gasteiger partial charge on any atom is 0.206 e. The molecule has 0 bridgehead atoms. The van der Waals surface area contributed by atoms with Gasteiger partial charge >= 0.3 is 0 Å². The summed E-state index contributed by atoms with van der Waals surface area (Å²) in [6.07, 6.45) is -1.97. The Morgan fingerprint density at radius 2 is 1.15 bits per heavy atom. The molecule has 2 aromatic carbocycles. The third kappa shape index (κ3) is 7.41. The number of carbonyl (C=O) groups excluding carboxylic acids is 1. The lowest BCUT2D eigenvalue weighted by Gasteiger charge is -2.33. The minimum Gasteiger partial charge on any atom is -0.481 e. The summed E-state index contributed by atoms with van der Waals surface area (Å²) in [6, 6.07) is 6.42. The monoisotopic (exact) mass is 554 g/mol. The summed E-state index contributed by atoms with van der Waals surface area (Å²) in [6.45, 7) is -0.370. The van der Waals surface area contributed by atoms with Crippen molar-refractivity contribution in [2.24, 2.45) is 0 Å². The van der Waals surface area contributed by atoms with Crippen molar-refractivity contribution in [3.05, 3.63) is 35.4 Å². The van der Waals surface area contributed by atoms with Gasteiger partial charge in [0.1, 0.15) is 22.8 Å². The van der Waals surface area contributed by atoms with Gasteiger partial charge in [0, 0.05) is 60.4 Å². The zero-order valence-electron chi connectivity index (χ0n) is 22.8. The van der Waals surface area contributed by atoms with E-state index in [1.165, 1.54) is 42.7 Å². The molecule has 0 radical (unpaired) electrons. The van der Waals surface area contributed by atoms with Crippen LogP contribution in [0.1, 0.15) is 22.0 Å². The highest BCUT2D eigenvalue weighted by molar-refractivity contribution is 6.06. The SMILES string of the molecule is COCOc1cc(OCOC)c2c(c1)O[C@@H](c1cc(OCOC)c(OCOC)c(OCOC)c1)[C@H](OC)C2=O. The first-order valence-electron chi connectivity index (χ1n) is 11.7. The van der Waals surface area contributed by atoms with Gasteiger partial charge in [0.15, 0.2) is 57.7 Å². The van der Waals surface area contributed by atoms with E-state index in [0.29, 0.717) is 11.3 Å². The van der Waals surface area contributed by atoms with E-state index < -0.39 is 12.2 Å². The molecule has 2 aromatic rings. The van der Waals surface area contributed by atoms with Crippen LogP contribution < -0.4 is 28.4 Å². The predicted octanol–water partition coefficient (Wildman–Crippen LogP) is 2.93. The zero-order chi connectivity index (χ0) is 28.2. The Balaban J connectivity index is 2.12. The Morgan fingerprint density at radius 3 is 1.69 bits per heavy atom. The molecule has 0 unspecified atom stereocenters. The molecule has 1 heterocycles. The molecule has 13 nitrogen and oxygen atoms in total. The second-order valence-corrected chi connectivity index (χ2v) is 7.95. The minimum absolute atomic E-state index is 0.0239. The normalized spacial score (nSPS) is 16.3. The van der Waals surface area contributed by atoms with Gasteiger partial charge in [-0.25, -0.2) is 0 Å². The van der Waals surface area contributed by atoms with E-state index in [4.69, 9.17) is 56.8 Å². The summed E-state index contributed by atoms with van der Waals surface area (Å²) in [5.74, 6) is 1.19. The summed E-state index contributed by atoms with van der Waals surface area (Å²) in [4.78, 5) is 13.7. The molecule has 39 heavy (non-hydrogen) atoms. The van der Waals surface area contributed by atoms with Crippen molar-refractivity contribution in [1.29, 1.82) is 0 Å². The first-order chi connectivity index (χ1) is 19.0. The number of ether oxygens (including phenoxy) is 12. The summed E-state index contributed by atoms with van der Waals surface area (Å²) in [7, 11) is 8.82. The molecule has 13 heteroatoms. The Labute approximate surface area is 226 Å². The first-order valence-corrected chi connectivity index (χ1v) is 11.7. The van der Waals surface area contributed by atoms with Crippen LogP contribution in [0.2, 0.25) is 0 Å². The molecule has 0 N–H and O–H groups in total. The fourth-order valence-corrected chi connectivity index (χ4v) is 3.78. The predicted molar refractivity (Wildman–Crippen MR) is 134 cm³/mol. The van der Waals surface area contributed by atoms with Crippen LogP contribution in [0, 0.1) is 0 Å². The van der Waals surface area contributed by atoms with Crippen LogP contribution in [0.25, 0.3) is 0 Å². The van der Waals surface area contributed by atoms with Gasteiger partial charge in [-0.2, -0.15) is 0 Å². The lowest BCUT2D eigenvalue weighted by Crippen LogP contribution is -2.38. The lowest BCUT2D eigenvalue weighted by molar-refractivity contribution is -0.00374. The highest BCUT2D eigenvalue weighted by Gasteiger charge is 2.42. The molecule has 0 fully saturated rings. The number of carbonyl (C=O) groups is 1. The number of Topliss-reactive ketones (excluding diaryl/α,β-unsaturated/α-hetero) is 1. The van der Waals surface area contributed by atoms with Crippen LogP contribution >= 0.6 is 0 Å². The van der Waals surface area contributed by atoms with Crippen molar-refractivity contribution < 1.29 is 61.6 Å². The van der Waals surface area contributed by atoms with E-state index in [0.717, 1.165) is 0 Å². The summed E-state index contributed by atoms with van der Waals surface area (Å²) < 4.78 is 65.7. The summed E-state index contributed by atoms with van der Waals surface area (Å²) in [5.41, 5.74) is 0.678. The standard InChI is InChI=1S/C26H34O13/c1-28-11-34-17-9-18(35-12-29-2)22-19(10-17)39-24(26(33-6)23(22)27)16-7-20(36-13-30-3)25(38-15-32-5)21(8-16)37-14-31-4/h7-10,24,26H,11-15H2,1-6H3/t24-,26+/m0/s1. The second kappa shape index (κ2) is 15.3. The van der Waals surface area contributed by atoms with Gasteiger partial charge in [0.25, 0.3) is 0 Å². The zero-order valence-corrected chi connectivity index (χ0v) is 22.8. The topological polar surface area (TPSA) is 128 Å². The highest BCUT2D eigenvalue weighted by Crippen LogP contribution is 2.47. The van der Waals surface area contributed by atoms with E-state index >= 15 is 0 Å². The Bertz CT molecular complexity index is 1050. The largest absolute Gasteiger partial charge is 0.481 e. The Hall–Kier alpha value is -3.33. The molecule has 0 aliphatic carbocycles. The third-order valence-electron chi connectivity index (χ3n) is 5.36. The molecule has 0 saturated carbocycles. The number of rotatable bonds is 17. The van der Waals surface area contributed by atoms with E-state index in [1.807, 2.05) is 0 Å². The second-order valence-electron chi connectivity index (χ2n) is 7.95. The summed E-state index contributed by atoms with van der Waals surface area (Å²) >= 11 is 0. The van der Waals surface area contributed by atoms with Gasteiger partial charge in [0.05, 0.1) is 0 Å². The van der Waals surface area contributed by atoms with Crippen LogP contribution in [0.15, 0.2) is 24.3 Å². The van der Waals surface area contributed by atoms with Crippen molar-refractivity contribution in [2.75, 3.05) is 76.6 Å². The minimum atomic E-state index is -1.05. The van der Waals surface area contributed by atoms with Crippen LogP contribution in [0.5, 0.6) is 34.5 Å². The third-order valence-corrected chi connectivity index (χ3v) is 5.36. The average molecular weight is 555 g/mol. The Kier molecular flexibility index (Phi) is 11.9. The maximum atomic E-state index is 13.7. The van der Waals surface area contributed by atoms with Gasteiger partial charge in [-0.05, 0) is 12.1 Å².